The van der Waals surface area contributed by atoms with Crippen LogP contribution < -0.4 is 10.6 Å². The van der Waals surface area contributed by atoms with E-state index in [9.17, 15) is 14.7 Å². The maximum atomic E-state index is 11.8. The molecule has 20 heavy (non-hydrogen) atoms. The van der Waals surface area contributed by atoms with Gasteiger partial charge in [-0.15, -0.1) is 0 Å². The highest BCUT2D eigenvalue weighted by molar-refractivity contribution is 6.33. The van der Waals surface area contributed by atoms with Crippen molar-refractivity contribution in [3.8, 4) is 0 Å². The first kappa shape index (κ1) is 16.5. The second-order valence-electron chi connectivity index (χ2n) is 4.79. The Balaban J connectivity index is 2.42. The third-order valence-corrected chi connectivity index (χ3v) is 3.29. The van der Waals surface area contributed by atoms with E-state index in [0.717, 1.165) is 0 Å². The van der Waals surface area contributed by atoms with Crippen molar-refractivity contribution in [3.05, 3.63) is 34.9 Å². The van der Waals surface area contributed by atoms with E-state index < -0.39 is 11.5 Å². The molecule has 110 valence electrons. The maximum absolute atomic E-state index is 11.8. The first-order chi connectivity index (χ1) is 9.35. The highest BCUT2D eigenvalue weighted by Crippen LogP contribution is 2.14. The van der Waals surface area contributed by atoms with Gasteiger partial charge in [0.05, 0.1) is 22.7 Å². The molecule has 2 amide bonds. The van der Waals surface area contributed by atoms with Crippen LogP contribution in [0.1, 0.15) is 30.6 Å². The van der Waals surface area contributed by atoms with Crippen LogP contribution in [0.5, 0.6) is 0 Å². The van der Waals surface area contributed by atoms with Crippen LogP contribution in [0.25, 0.3) is 0 Å². The lowest BCUT2D eigenvalue weighted by atomic mass is 10.0. The highest BCUT2D eigenvalue weighted by atomic mass is 35.5. The molecule has 1 aromatic carbocycles. The molecule has 5 nitrogen and oxygen atoms in total. The van der Waals surface area contributed by atoms with Gasteiger partial charge in [0.1, 0.15) is 0 Å². The van der Waals surface area contributed by atoms with E-state index in [1.54, 1.807) is 31.2 Å². The smallest absolute Gasteiger partial charge is 0.253 e. The normalized spacial score (nSPS) is 13.4. The van der Waals surface area contributed by atoms with Crippen molar-refractivity contribution in [1.82, 2.24) is 10.6 Å². The summed E-state index contributed by atoms with van der Waals surface area (Å²) in [5.41, 5.74) is -0.620. The van der Waals surface area contributed by atoms with Crippen molar-refractivity contribution >= 4 is 23.4 Å². The summed E-state index contributed by atoms with van der Waals surface area (Å²) in [6, 6.07) is 6.60. The quantitative estimate of drug-likeness (QED) is 0.742. The fourth-order valence-corrected chi connectivity index (χ4v) is 1.60. The molecular formula is C14H19ClN2O3. The Kier molecular flexibility index (Phi) is 5.98. The summed E-state index contributed by atoms with van der Waals surface area (Å²) in [5.74, 6) is -0.771. The van der Waals surface area contributed by atoms with E-state index in [4.69, 9.17) is 11.6 Å². The van der Waals surface area contributed by atoms with Crippen LogP contribution in [0.3, 0.4) is 0 Å². The molecular weight excluding hydrogens is 280 g/mol. The van der Waals surface area contributed by atoms with E-state index in [1.165, 1.54) is 0 Å². The van der Waals surface area contributed by atoms with Crippen LogP contribution in [-0.4, -0.2) is 35.6 Å². The number of rotatable bonds is 6. The van der Waals surface area contributed by atoms with Gasteiger partial charge in [-0.2, -0.15) is 0 Å². The zero-order valence-corrected chi connectivity index (χ0v) is 12.3. The maximum Gasteiger partial charge on any atom is 0.253 e. The molecule has 1 rings (SSSR count). The molecule has 1 unspecified atom stereocenters. The Hall–Kier alpha value is -1.59. The molecule has 0 heterocycles. The van der Waals surface area contributed by atoms with Gasteiger partial charge in [0.2, 0.25) is 5.91 Å². The lowest BCUT2D eigenvalue weighted by molar-refractivity contribution is -0.121. The summed E-state index contributed by atoms with van der Waals surface area (Å²) in [5, 5.41) is 15.1. The Morgan fingerprint density at radius 3 is 2.55 bits per heavy atom. The van der Waals surface area contributed by atoms with Gasteiger partial charge in [-0.05, 0) is 25.5 Å². The van der Waals surface area contributed by atoms with E-state index in [2.05, 4.69) is 10.6 Å². The van der Waals surface area contributed by atoms with Gasteiger partial charge in [0, 0.05) is 6.54 Å². The fourth-order valence-electron chi connectivity index (χ4n) is 1.38. The first-order valence-electron chi connectivity index (χ1n) is 6.37. The van der Waals surface area contributed by atoms with Gasteiger partial charge in [-0.3, -0.25) is 9.59 Å². The minimum atomic E-state index is -0.942. The number of hydrogen-bond acceptors (Lipinski definition) is 3. The molecule has 0 saturated heterocycles. The molecule has 0 aliphatic heterocycles. The van der Waals surface area contributed by atoms with Crippen molar-refractivity contribution in [2.45, 2.75) is 25.9 Å². The van der Waals surface area contributed by atoms with Crippen molar-refractivity contribution in [3.63, 3.8) is 0 Å². The number of halogens is 1. The van der Waals surface area contributed by atoms with Crippen LogP contribution in [0, 0.1) is 0 Å². The van der Waals surface area contributed by atoms with Crippen LogP contribution in [-0.2, 0) is 4.79 Å². The number of aliphatic hydroxyl groups is 1. The van der Waals surface area contributed by atoms with Crippen LogP contribution >= 0.6 is 11.6 Å². The van der Waals surface area contributed by atoms with Crippen LogP contribution in [0.2, 0.25) is 5.02 Å². The largest absolute Gasteiger partial charge is 0.388 e. The molecule has 1 atom stereocenters. The molecule has 0 fully saturated rings. The van der Waals surface area contributed by atoms with Crippen LogP contribution in [0.15, 0.2) is 24.3 Å². The fraction of sp³-hybridized carbons (Fsp3) is 0.429. The van der Waals surface area contributed by atoms with Gasteiger partial charge in [0.25, 0.3) is 5.91 Å². The second-order valence-corrected chi connectivity index (χ2v) is 5.20. The summed E-state index contributed by atoms with van der Waals surface area (Å²) >= 11 is 5.88. The summed E-state index contributed by atoms with van der Waals surface area (Å²) < 4.78 is 0. The number of amides is 2. The minimum absolute atomic E-state index is 0.143. The van der Waals surface area contributed by atoms with E-state index in [1.807, 2.05) is 6.92 Å². The predicted molar refractivity (Wildman–Crippen MR) is 77.7 cm³/mol. The number of hydrogen-bond donors (Lipinski definition) is 3. The summed E-state index contributed by atoms with van der Waals surface area (Å²) in [6.07, 6.45) is 0.527. The molecule has 1 aromatic rings. The van der Waals surface area contributed by atoms with Gasteiger partial charge < -0.3 is 15.7 Å². The van der Waals surface area contributed by atoms with Crippen molar-refractivity contribution < 1.29 is 14.7 Å². The van der Waals surface area contributed by atoms with E-state index in [-0.39, 0.29) is 19.0 Å². The molecule has 0 aromatic heterocycles. The first-order valence-corrected chi connectivity index (χ1v) is 6.75. The van der Waals surface area contributed by atoms with Crippen molar-refractivity contribution in [2.75, 3.05) is 13.1 Å². The molecule has 0 spiro atoms. The Morgan fingerprint density at radius 2 is 1.95 bits per heavy atom. The number of carbonyl (C=O) groups is 2. The van der Waals surface area contributed by atoms with E-state index >= 15 is 0 Å². The van der Waals surface area contributed by atoms with Gasteiger partial charge in [-0.1, -0.05) is 30.7 Å². The Labute approximate surface area is 123 Å². The Bertz CT molecular complexity index is 489. The molecule has 3 N–H and O–H groups in total. The molecule has 0 saturated carbocycles. The molecule has 0 aliphatic rings. The number of nitrogens with one attached hydrogen (secondary N) is 2. The lowest BCUT2D eigenvalue weighted by Gasteiger charge is -2.21. The lowest BCUT2D eigenvalue weighted by Crippen LogP contribution is -2.44. The Morgan fingerprint density at radius 1 is 1.30 bits per heavy atom. The van der Waals surface area contributed by atoms with Gasteiger partial charge in [-0.25, -0.2) is 0 Å². The number of carbonyl (C=O) groups excluding carboxylic acids is 2. The standard InChI is InChI=1S/C14H19ClN2O3/c1-3-14(2,20)9-17-12(18)8-16-13(19)10-6-4-5-7-11(10)15/h4-7,20H,3,8-9H2,1-2H3,(H,16,19)(H,17,18). The SMILES string of the molecule is CCC(C)(O)CNC(=O)CNC(=O)c1ccccc1Cl. The second kappa shape index (κ2) is 7.26. The highest BCUT2D eigenvalue weighted by Gasteiger charge is 2.18. The zero-order chi connectivity index (χ0) is 15.2. The van der Waals surface area contributed by atoms with Gasteiger partial charge in [0.15, 0.2) is 0 Å². The monoisotopic (exact) mass is 298 g/mol. The molecule has 0 radical (unpaired) electrons. The third-order valence-electron chi connectivity index (χ3n) is 2.96. The number of benzene rings is 1. The van der Waals surface area contributed by atoms with Crippen molar-refractivity contribution in [1.29, 1.82) is 0 Å². The molecule has 6 heteroatoms. The topological polar surface area (TPSA) is 78.4 Å². The van der Waals surface area contributed by atoms with Crippen molar-refractivity contribution in [2.24, 2.45) is 0 Å². The third kappa shape index (κ3) is 5.19. The summed E-state index contributed by atoms with van der Waals surface area (Å²) in [4.78, 5) is 23.4. The van der Waals surface area contributed by atoms with Gasteiger partial charge >= 0.3 is 0 Å². The van der Waals surface area contributed by atoms with Crippen LogP contribution in [0.4, 0.5) is 0 Å². The van der Waals surface area contributed by atoms with E-state index in [0.29, 0.717) is 17.0 Å². The molecule has 0 aliphatic carbocycles. The average Bonchev–Trinajstić information content (AvgIpc) is 2.43. The zero-order valence-electron chi connectivity index (χ0n) is 11.6. The summed E-state index contributed by atoms with van der Waals surface area (Å²) in [6.45, 7) is 3.44. The minimum Gasteiger partial charge on any atom is -0.388 e. The predicted octanol–water partition coefficient (Wildman–Crippen LogP) is 1.35. The molecule has 0 bridgehead atoms. The average molecular weight is 299 g/mol. The summed E-state index contributed by atoms with van der Waals surface area (Å²) in [7, 11) is 0.